The van der Waals surface area contributed by atoms with Crippen LogP contribution in [-0.4, -0.2) is 26.3 Å². The lowest BCUT2D eigenvalue weighted by Gasteiger charge is -2.13. The summed E-state index contributed by atoms with van der Waals surface area (Å²) >= 11 is 4.48. The number of nitrogens with one attached hydrogen (secondary N) is 1. The molecule has 0 atom stereocenters. The van der Waals surface area contributed by atoms with Crippen molar-refractivity contribution in [3.63, 3.8) is 0 Å². The second-order valence-electron chi connectivity index (χ2n) is 7.55. The maximum atomic E-state index is 12.8. The van der Waals surface area contributed by atoms with Crippen LogP contribution in [0.3, 0.4) is 0 Å². The molecule has 0 aliphatic heterocycles. The second kappa shape index (κ2) is 11.7. The topological polar surface area (TPSA) is 69.2 Å². The lowest BCUT2D eigenvalue weighted by atomic mass is 10.1. The number of nitrogens with zero attached hydrogens (tertiary/aromatic N) is 1. The number of hydrogen-bond acceptors (Lipinski definition) is 5. The van der Waals surface area contributed by atoms with Gasteiger partial charge in [-0.3, -0.25) is 4.79 Å². The van der Waals surface area contributed by atoms with E-state index in [1.165, 1.54) is 3.57 Å². The Morgan fingerprint density at radius 3 is 2.29 bits per heavy atom. The summed E-state index contributed by atoms with van der Waals surface area (Å²) in [5, 5.41) is 6.08. The first-order valence-electron chi connectivity index (χ1n) is 10.6. The highest BCUT2D eigenvalue weighted by atomic mass is 127. The smallest absolute Gasteiger partial charge is 0.275 e. The SMILES string of the molecule is COc1cc2ccccc2cc1C(=O)N/N=C\c1cc(I)c(OCc2ccc(I)cc2)c(OC)c1. The van der Waals surface area contributed by atoms with Gasteiger partial charge in [-0.2, -0.15) is 5.10 Å². The fraction of sp³-hybridized carbons (Fsp3) is 0.111. The molecule has 1 amide bonds. The minimum Gasteiger partial charge on any atom is -0.496 e. The Bertz CT molecular complexity index is 1390. The number of methoxy groups -OCH3 is 2. The molecule has 0 saturated carbocycles. The first-order chi connectivity index (χ1) is 17.0. The van der Waals surface area contributed by atoms with E-state index in [9.17, 15) is 4.79 Å². The average Bonchev–Trinajstić information content (AvgIpc) is 2.87. The van der Waals surface area contributed by atoms with Gasteiger partial charge in [-0.05, 0) is 103 Å². The largest absolute Gasteiger partial charge is 0.496 e. The molecular weight excluding hydrogens is 670 g/mol. The Morgan fingerprint density at radius 1 is 0.914 bits per heavy atom. The van der Waals surface area contributed by atoms with Crippen molar-refractivity contribution >= 4 is 68.1 Å². The number of halogens is 2. The van der Waals surface area contributed by atoms with Crippen molar-refractivity contribution in [3.8, 4) is 17.2 Å². The number of ether oxygens (including phenoxy) is 3. The predicted octanol–water partition coefficient (Wildman–Crippen LogP) is 6.41. The third-order valence-corrected chi connectivity index (χ3v) is 6.76. The van der Waals surface area contributed by atoms with Gasteiger partial charge >= 0.3 is 0 Å². The number of benzene rings is 4. The molecule has 0 aromatic heterocycles. The number of amides is 1. The van der Waals surface area contributed by atoms with Crippen LogP contribution < -0.4 is 19.6 Å². The zero-order valence-electron chi connectivity index (χ0n) is 19.0. The molecule has 8 heteroatoms. The van der Waals surface area contributed by atoms with Crippen LogP contribution in [0.15, 0.2) is 77.9 Å². The maximum absolute atomic E-state index is 12.8. The van der Waals surface area contributed by atoms with Crippen LogP contribution in [-0.2, 0) is 6.61 Å². The molecule has 6 nitrogen and oxygen atoms in total. The average molecular weight is 692 g/mol. The predicted molar refractivity (Wildman–Crippen MR) is 155 cm³/mol. The van der Waals surface area contributed by atoms with E-state index < -0.39 is 0 Å². The summed E-state index contributed by atoms with van der Waals surface area (Å²) in [6.07, 6.45) is 1.57. The molecular formula is C27H22I2N2O4. The van der Waals surface area contributed by atoms with Crippen LogP contribution in [0.2, 0.25) is 0 Å². The molecule has 0 heterocycles. The lowest BCUT2D eigenvalue weighted by Crippen LogP contribution is -2.18. The van der Waals surface area contributed by atoms with Gasteiger partial charge in [0, 0.05) is 3.57 Å². The Balaban J connectivity index is 1.48. The second-order valence-corrected chi connectivity index (χ2v) is 9.96. The number of hydrogen-bond donors (Lipinski definition) is 1. The Hall–Kier alpha value is -2.86. The molecule has 178 valence electrons. The minimum absolute atomic E-state index is 0.358. The number of rotatable bonds is 8. The first-order valence-corrected chi connectivity index (χ1v) is 12.8. The van der Waals surface area contributed by atoms with Crippen molar-refractivity contribution in [1.29, 1.82) is 0 Å². The molecule has 4 rings (SSSR count). The number of fused-ring (bicyclic) bond motifs is 1. The Morgan fingerprint density at radius 2 is 1.60 bits per heavy atom. The van der Waals surface area contributed by atoms with E-state index in [1.54, 1.807) is 26.5 Å². The van der Waals surface area contributed by atoms with Gasteiger partial charge in [0.15, 0.2) is 11.5 Å². The standard InChI is InChI=1S/C27H22I2N2O4/c1-33-24-14-20-6-4-3-5-19(20)13-22(24)27(32)31-30-15-18-11-23(29)26(25(12-18)34-2)35-16-17-7-9-21(28)10-8-17/h3-15H,16H2,1-2H3,(H,31,32)/b30-15-. The molecule has 0 aliphatic carbocycles. The van der Waals surface area contributed by atoms with Gasteiger partial charge in [-0.25, -0.2) is 5.43 Å². The Labute approximate surface area is 230 Å². The van der Waals surface area contributed by atoms with Crippen LogP contribution in [0, 0.1) is 7.14 Å². The molecule has 1 N–H and O–H groups in total. The molecule has 0 bridgehead atoms. The summed E-state index contributed by atoms with van der Waals surface area (Å²) in [6, 6.07) is 23.3. The van der Waals surface area contributed by atoms with E-state index >= 15 is 0 Å². The third kappa shape index (κ3) is 6.23. The normalized spacial score (nSPS) is 11.0. The zero-order valence-corrected chi connectivity index (χ0v) is 23.4. The van der Waals surface area contributed by atoms with Crippen molar-refractivity contribution in [1.82, 2.24) is 5.43 Å². The third-order valence-electron chi connectivity index (χ3n) is 5.24. The monoisotopic (exact) mass is 692 g/mol. The van der Waals surface area contributed by atoms with E-state index in [1.807, 2.05) is 66.7 Å². The summed E-state index contributed by atoms with van der Waals surface area (Å²) in [5.41, 5.74) is 4.83. The van der Waals surface area contributed by atoms with Crippen molar-refractivity contribution in [2.45, 2.75) is 6.61 Å². The van der Waals surface area contributed by atoms with Crippen LogP contribution in [0.25, 0.3) is 10.8 Å². The van der Waals surface area contributed by atoms with Crippen molar-refractivity contribution in [2.24, 2.45) is 5.10 Å². The molecule has 0 spiro atoms. The van der Waals surface area contributed by atoms with E-state index in [0.717, 1.165) is 25.5 Å². The van der Waals surface area contributed by atoms with E-state index in [2.05, 4.69) is 55.7 Å². The van der Waals surface area contributed by atoms with Gasteiger partial charge in [-0.1, -0.05) is 36.4 Å². The van der Waals surface area contributed by atoms with Crippen molar-refractivity contribution in [3.05, 3.63) is 96.6 Å². The molecule has 0 aliphatic rings. The van der Waals surface area contributed by atoms with Crippen LogP contribution >= 0.6 is 45.2 Å². The zero-order chi connectivity index (χ0) is 24.8. The van der Waals surface area contributed by atoms with E-state index in [0.29, 0.717) is 29.4 Å². The Kier molecular flexibility index (Phi) is 8.45. The molecule has 4 aromatic rings. The minimum atomic E-state index is -0.358. The number of carbonyl (C=O) groups excluding carboxylic acids is 1. The van der Waals surface area contributed by atoms with Crippen molar-refractivity contribution < 1.29 is 19.0 Å². The molecule has 0 fully saturated rings. The highest BCUT2D eigenvalue weighted by molar-refractivity contribution is 14.1. The quantitative estimate of drug-likeness (QED) is 0.132. The lowest BCUT2D eigenvalue weighted by molar-refractivity contribution is 0.0952. The van der Waals surface area contributed by atoms with Crippen molar-refractivity contribution in [2.75, 3.05) is 14.2 Å². The fourth-order valence-corrected chi connectivity index (χ4v) is 4.62. The summed E-state index contributed by atoms with van der Waals surface area (Å²) in [4.78, 5) is 12.8. The molecule has 0 saturated heterocycles. The first kappa shape index (κ1) is 25.2. The fourth-order valence-electron chi connectivity index (χ4n) is 3.48. The van der Waals surface area contributed by atoms with Crippen LogP contribution in [0.4, 0.5) is 0 Å². The van der Waals surface area contributed by atoms with E-state index in [4.69, 9.17) is 14.2 Å². The summed E-state index contributed by atoms with van der Waals surface area (Å²) < 4.78 is 19.0. The van der Waals surface area contributed by atoms with Gasteiger partial charge in [0.25, 0.3) is 5.91 Å². The summed E-state index contributed by atoms with van der Waals surface area (Å²) in [7, 11) is 3.14. The number of hydrazone groups is 1. The number of carbonyl (C=O) groups is 1. The highest BCUT2D eigenvalue weighted by Gasteiger charge is 2.14. The van der Waals surface area contributed by atoms with Crippen LogP contribution in [0.5, 0.6) is 17.2 Å². The van der Waals surface area contributed by atoms with Gasteiger partial charge < -0.3 is 14.2 Å². The van der Waals surface area contributed by atoms with E-state index in [-0.39, 0.29) is 5.91 Å². The van der Waals surface area contributed by atoms with Gasteiger partial charge in [-0.15, -0.1) is 0 Å². The molecule has 0 unspecified atom stereocenters. The highest BCUT2D eigenvalue weighted by Crippen LogP contribution is 2.34. The summed E-state index contributed by atoms with van der Waals surface area (Å²) in [5.74, 6) is 1.38. The van der Waals surface area contributed by atoms with Gasteiger partial charge in [0.05, 0.1) is 29.6 Å². The molecule has 0 radical (unpaired) electrons. The maximum Gasteiger partial charge on any atom is 0.275 e. The summed E-state index contributed by atoms with van der Waals surface area (Å²) in [6.45, 7) is 0.431. The van der Waals surface area contributed by atoms with Gasteiger partial charge in [0.1, 0.15) is 12.4 Å². The van der Waals surface area contributed by atoms with Crippen LogP contribution in [0.1, 0.15) is 21.5 Å². The molecule has 35 heavy (non-hydrogen) atoms. The van der Waals surface area contributed by atoms with Gasteiger partial charge in [0.2, 0.25) is 0 Å². The molecule has 4 aromatic carbocycles.